The lowest BCUT2D eigenvalue weighted by Gasteiger charge is -2.14. The van der Waals surface area contributed by atoms with Crippen molar-refractivity contribution in [3.05, 3.63) is 68.5 Å². The summed E-state index contributed by atoms with van der Waals surface area (Å²) in [6.07, 6.45) is 3.78. The SMILES string of the molecule is CCCCOc1ccc(/C=C2\SC(=O)N(Cc3c(Cl)cccc3Cl)C2=O)cc1. The highest BCUT2D eigenvalue weighted by molar-refractivity contribution is 8.18. The molecule has 2 aromatic rings. The number of carbonyl (C=O) groups excluding carboxylic acids is 2. The Labute approximate surface area is 178 Å². The lowest BCUT2D eigenvalue weighted by molar-refractivity contribution is -0.123. The van der Waals surface area contributed by atoms with Crippen LogP contribution in [-0.4, -0.2) is 22.7 Å². The minimum Gasteiger partial charge on any atom is -0.494 e. The molecule has 1 heterocycles. The summed E-state index contributed by atoms with van der Waals surface area (Å²) >= 11 is 13.2. The molecule has 0 spiro atoms. The number of nitrogens with zero attached hydrogens (tertiary/aromatic N) is 1. The maximum atomic E-state index is 12.7. The highest BCUT2D eigenvalue weighted by atomic mass is 35.5. The van der Waals surface area contributed by atoms with Crippen LogP contribution in [0.3, 0.4) is 0 Å². The van der Waals surface area contributed by atoms with E-state index in [2.05, 4.69) is 6.92 Å². The summed E-state index contributed by atoms with van der Waals surface area (Å²) in [6, 6.07) is 12.5. The van der Waals surface area contributed by atoms with Crippen LogP contribution >= 0.6 is 35.0 Å². The van der Waals surface area contributed by atoms with Crippen molar-refractivity contribution in [3.8, 4) is 5.75 Å². The lowest BCUT2D eigenvalue weighted by atomic mass is 10.2. The van der Waals surface area contributed by atoms with Gasteiger partial charge >= 0.3 is 0 Å². The van der Waals surface area contributed by atoms with Gasteiger partial charge < -0.3 is 4.74 Å². The largest absolute Gasteiger partial charge is 0.494 e. The van der Waals surface area contributed by atoms with Crippen LogP contribution in [0.5, 0.6) is 5.75 Å². The Morgan fingerprint density at radius 3 is 2.39 bits per heavy atom. The van der Waals surface area contributed by atoms with Gasteiger partial charge in [-0.05, 0) is 54.1 Å². The molecule has 1 aliphatic rings. The van der Waals surface area contributed by atoms with Crippen molar-refractivity contribution in [2.24, 2.45) is 0 Å². The average Bonchev–Trinajstić information content (AvgIpc) is 2.93. The molecular weight excluding hydrogens is 417 g/mol. The number of amides is 2. The number of hydrogen-bond acceptors (Lipinski definition) is 4. The fourth-order valence-corrected chi connectivity index (χ4v) is 3.98. The van der Waals surface area contributed by atoms with Gasteiger partial charge in [-0.15, -0.1) is 0 Å². The number of benzene rings is 2. The second-order valence-corrected chi connectivity index (χ2v) is 8.05. The van der Waals surface area contributed by atoms with Crippen LogP contribution in [0.2, 0.25) is 10.0 Å². The topological polar surface area (TPSA) is 46.6 Å². The highest BCUT2D eigenvalue weighted by Gasteiger charge is 2.35. The maximum Gasteiger partial charge on any atom is 0.293 e. The summed E-state index contributed by atoms with van der Waals surface area (Å²) in [6.45, 7) is 2.84. The molecule has 1 aliphatic heterocycles. The molecule has 1 fully saturated rings. The van der Waals surface area contributed by atoms with Crippen molar-refractivity contribution < 1.29 is 14.3 Å². The predicted molar refractivity (Wildman–Crippen MR) is 115 cm³/mol. The van der Waals surface area contributed by atoms with Crippen molar-refractivity contribution in [3.63, 3.8) is 0 Å². The average molecular weight is 436 g/mol. The van der Waals surface area contributed by atoms with E-state index in [0.717, 1.165) is 40.8 Å². The molecule has 0 aromatic heterocycles. The van der Waals surface area contributed by atoms with Gasteiger partial charge in [0.05, 0.1) is 18.1 Å². The van der Waals surface area contributed by atoms with E-state index in [1.165, 1.54) is 0 Å². The molecule has 7 heteroatoms. The molecule has 0 unspecified atom stereocenters. The quantitative estimate of drug-likeness (QED) is 0.372. The summed E-state index contributed by atoms with van der Waals surface area (Å²) in [7, 11) is 0. The highest BCUT2D eigenvalue weighted by Crippen LogP contribution is 2.35. The summed E-state index contributed by atoms with van der Waals surface area (Å²) < 4.78 is 5.64. The summed E-state index contributed by atoms with van der Waals surface area (Å²) in [4.78, 5) is 26.6. The minimum absolute atomic E-state index is 0.0463. The van der Waals surface area contributed by atoms with Crippen molar-refractivity contribution in [2.75, 3.05) is 6.61 Å². The number of rotatable bonds is 7. The Hall–Kier alpha value is -1.95. The van der Waals surface area contributed by atoms with Crippen molar-refractivity contribution in [2.45, 2.75) is 26.3 Å². The Morgan fingerprint density at radius 2 is 1.75 bits per heavy atom. The summed E-state index contributed by atoms with van der Waals surface area (Å²) in [5.41, 5.74) is 1.38. The summed E-state index contributed by atoms with van der Waals surface area (Å²) in [5.74, 6) is 0.432. The van der Waals surface area contributed by atoms with Crippen LogP contribution in [0, 0.1) is 0 Å². The Morgan fingerprint density at radius 1 is 1.07 bits per heavy atom. The first kappa shape index (κ1) is 20.8. The fraction of sp³-hybridized carbons (Fsp3) is 0.238. The van der Waals surface area contributed by atoms with Gasteiger partial charge in [0.2, 0.25) is 0 Å². The second-order valence-electron chi connectivity index (χ2n) is 6.24. The smallest absolute Gasteiger partial charge is 0.293 e. The van der Waals surface area contributed by atoms with Crippen LogP contribution in [-0.2, 0) is 11.3 Å². The first-order chi connectivity index (χ1) is 13.5. The van der Waals surface area contributed by atoms with E-state index < -0.39 is 0 Å². The maximum absolute atomic E-state index is 12.7. The molecule has 146 valence electrons. The van der Waals surface area contributed by atoms with E-state index >= 15 is 0 Å². The van der Waals surface area contributed by atoms with E-state index in [-0.39, 0.29) is 17.7 Å². The molecule has 4 nitrogen and oxygen atoms in total. The Bertz CT molecular complexity index is 892. The first-order valence-corrected chi connectivity index (χ1v) is 10.5. The van der Waals surface area contributed by atoms with Gasteiger partial charge in [-0.1, -0.05) is 54.7 Å². The van der Waals surface area contributed by atoms with E-state index in [4.69, 9.17) is 27.9 Å². The standard InChI is InChI=1S/C21H19Cl2NO3S/c1-2-3-11-27-15-9-7-14(8-10-15)12-19-20(25)24(21(26)28-19)13-16-17(22)5-4-6-18(16)23/h4-10,12H,2-3,11,13H2,1H3/b19-12-. The number of thioether (sulfide) groups is 1. The minimum atomic E-state index is -0.353. The molecule has 0 bridgehead atoms. The first-order valence-electron chi connectivity index (χ1n) is 8.90. The van der Waals surface area contributed by atoms with E-state index in [0.29, 0.717) is 27.1 Å². The summed E-state index contributed by atoms with van der Waals surface area (Å²) in [5, 5.41) is 0.509. The van der Waals surface area contributed by atoms with Crippen LogP contribution in [0.15, 0.2) is 47.4 Å². The molecule has 1 saturated heterocycles. The van der Waals surface area contributed by atoms with Crippen molar-refractivity contribution in [1.82, 2.24) is 4.90 Å². The fourth-order valence-electron chi connectivity index (χ4n) is 2.62. The van der Waals surface area contributed by atoms with Gasteiger partial charge in [-0.2, -0.15) is 0 Å². The number of imide groups is 1. The third kappa shape index (κ3) is 4.90. The van der Waals surface area contributed by atoms with Crippen molar-refractivity contribution in [1.29, 1.82) is 0 Å². The zero-order valence-electron chi connectivity index (χ0n) is 15.3. The predicted octanol–water partition coefficient (Wildman–Crippen LogP) is 6.41. The van der Waals surface area contributed by atoms with Gasteiger partial charge in [0, 0.05) is 15.6 Å². The number of hydrogen-bond donors (Lipinski definition) is 0. The van der Waals surface area contributed by atoms with Crippen LogP contribution in [0.4, 0.5) is 4.79 Å². The van der Waals surface area contributed by atoms with Crippen LogP contribution in [0.1, 0.15) is 30.9 Å². The molecule has 2 amide bonds. The normalized spacial score (nSPS) is 15.5. The third-order valence-corrected chi connectivity index (χ3v) is 5.81. The van der Waals surface area contributed by atoms with Gasteiger partial charge in [-0.3, -0.25) is 14.5 Å². The number of ether oxygens (including phenoxy) is 1. The molecule has 3 rings (SSSR count). The molecule has 28 heavy (non-hydrogen) atoms. The number of halogens is 2. The molecule has 0 N–H and O–H groups in total. The molecule has 0 radical (unpaired) electrons. The number of unbranched alkanes of at least 4 members (excludes halogenated alkanes) is 1. The van der Waals surface area contributed by atoms with Gasteiger partial charge in [0.1, 0.15) is 5.75 Å². The number of carbonyl (C=O) groups is 2. The van der Waals surface area contributed by atoms with Crippen LogP contribution < -0.4 is 4.74 Å². The third-order valence-electron chi connectivity index (χ3n) is 4.20. The molecule has 2 aromatic carbocycles. The van der Waals surface area contributed by atoms with Gasteiger partial charge in [0.15, 0.2) is 0 Å². The zero-order valence-corrected chi connectivity index (χ0v) is 17.6. The monoisotopic (exact) mass is 435 g/mol. The molecule has 0 aliphatic carbocycles. The van der Waals surface area contributed by atoms with E-state index in [9.17, 15) is 9.59 Å². The Balaban J connectivity index is 1.72. The molecular formula is C21H19Cl2NO3S. The Kier molecular flexibility index (Phi) is 7.05. The van der Waals surface area contributed by atoms with Crippen LogP contribution in [0.25, 0.3) is 6.08 Å². The van der Waals surface area contributed by atoms with Crippen molar-refractivity contribution >= 4 is 52.2 Å². The van der Waals surface area contributed by atoms with E-state index in [1.54, 1.807) is 24.3 Å². The van der Waals surface area contributed by atoms with Gasteiger partial charge in [0.25, 0.3) is 11.1 Å². The second kappa shape index (κ2) is 9.50. The lowest BCUT2D eigenvalue weighted by Crippen LogP contribution is -2.27. The van der Waals surface area contributed by atoms with E-state index in [1.807, 2.05) is 24.3 Å². The molecule has 0 saturated carbocycles. The molecule has 0 atom stereocenters. The zero-order chi connectivity index (χ0) is 20.1. The van der Waals surface area contributed by atoms with Gasteiger partial charge in [-0.25, -0.2) is 0 Å².